The molecule has 12 aromatic rings. The summed E-state index contributed by atoms with van der Waals surface area (Å²) in [7, 11) is 0. The van der Waals surface area contributed by atoms with Crippen LogP contribution >= 0.6 is 0 Å². The van der Waals surface area contributed by atoms with E-state index >= 15 is 43.9 Å². The van der Waals surface area contributed by atoms with Crippen LogP contribution in [0.3, 0.4) is 0 Å². The van der Waals surface area contributed by atoms with Gasteiger partial charge in [-0.25, -0.2) is 43.9 Å². The van der Waals surface area contributed by atoms with Crippen LogP contribution in [0, 0.1) is 58.2 Å². The molecule has 12 aromatic carbocycles. The van der Waals surface area contributed by atoms with Gasteiger partial charge >= 0.3 is 0 Å². The van der Waals surface area contributed by atoms with Gasteiger partial charge in [0.15, 0.2) is 0 Å². The summed E-state index contributed by atoms with van der Waals surface area (Å²) in [5, 5.41) is 3.87. The van der Waals surface area contributed by atoms with E-state index in [0.717, 1.165) is 59.3 Å². The maximum absolute atomic E-state index is 15.8. The van der Waals surface area contributed by atoms with E-state index in [2.05, 4.69) is 0 Å². The third-order valence-corrected chi connectivity index (χ3v) is 13.6. The van der Waals surface area contributed by atoms with Crippen LogP contribution in [0.2, 0.25) is 0 Å². The number of hydrogen-bond donors (Lipinski definition) is 0. The molecule has 2 nitrogen and oxygen atoms in total. The normalized spacial score (nSPS) is 11.6. The van der Waals surface area contributed by atoms with Gasteiger partial charge in [-0.05, 0) is 177 Å². The summed E-state index contributed by atoms with van der Waals surface area (Å²) in [5.41, 5.74) is -0.621. The molecule has 0 fully saturated rings. The molecule has 0 saturated carbocycles. The second-order valence-corrected chi connectivity index (χ2v) is 18.1. The van der Waals surface area contributed by atoms with E-state index in [-0.39, 0.29) is 45.0 Å². The van der Waals surface area contributed by atoms with Crippen molar-refractivity contribution in [1.82, 2.24) is 0 Å². The van der Waals surface area contributed by atoms with E-state index in [1.165, 1.54) is 97.1 Å². The van der Waals surface area contributed by atoms with Gasteiger partial charge in [-0.2, -0.15) is 0 Å². The third kappa shape index (κ3) is 8.19. The summed E-state index contributed by atoms with van der Waals surface area (Å²) in [6, 6.07) is 47.3. The molecule has 0 bridgehead atoms. The SMILES string of the molecule is Fc1cccc(N(c2cc(-c3c(F)cccc3F)cc(-c3c(F)cccc3F)c2)c2ccc3ccc4c(N(c5cccc(F)c5)c5cc(-c6c(F)cccc6F)cc(-c6c(F)cccc6F)c5)ccc5ccc2c3c54)c1. The first-order chi connectivity index (χ1) is 36.8. The smallest absolute Gasteiger partial charge is 0.133 e. The van der Waals surface area contributed by atoms with Crippen LogP contribution < -0.4 is 9.80 Å². The highest BCUT2D eigenvalue weighted by Gasteiger charge is 2.27. The van der Waals surface area contributed by atoms with Crippen molar-refractivity contribution in [3.05, 3.63) is 264 Å². The number of benzene rings is 12. The molecule has 0 aliphatic rings. The first-order valence-electron chi connectivity index (χ1n) is 23.7. The Morgan fingerprint density at radius 1 is 0.237 bits per heavy atom. The Kier molecular flexibility index (Phi) is 11.8. The maximum Gasteiger partial charge on any atom is 0.133 e. The summed E-state index contributed by atoms with van der Waals surface area (Å²) >= 11 is 0. The summed E-state index contributed by atoms with van der Waals surface area (Å²) in [5.74, 6) is -8.82. The van der Waals surface area contributed by atoms with Crippen LogP contribution in [0.15, 0.2) is 206 Å². The van der Waals surface area contributed by atoms with E-state index in [1.807, 2.05) is 36.4 Å². The lowest BCUT2D eigenvalue weighted by Gasteiger charge is -2.30. The highest BCUT2D eigenvalue weighted by atomic mass is 19.2. The Morgan fingerprint density at radius 2 is 0.513 bits per heavy atom. The van der Waals surface area contributed by atoms with Gasteiger partial charge in [0.05, 0.1) is 33.6 Å². The Labute approximate surface area is 427 Å². The summed E-state index contributed by atoms with van der Waals surface area (Å²) in [6.07, 6.45) is 0. The fraction of sp³-hybridized carbons (Fsp3) is 0. The van der Waals surface area contributed by atoms with Gasteiger partial charge in [-0.15, -0.1) is 0 Å². The molecule has 0 aliphatic carbocycles. The molecular formula is C64H34F10N2. The molecule has 0 radical (unpaired) electrons. The van der Waals surface area contributed by atoms with Crippen LogP contribution in [0.4, 0.5) is 78.0 Å². The van der Waals surface area contributed by atoms with Gasteiger partial charge in [0, 0.05) is 33.5 Å². The zero-order valence-corrected chi connectivity index (χ0v) is 39.3. The first-order valence-corrected chi connectivity index (χ1v) is 23.7. The molecule has 12 heteroatoms. The second kappa shape index (κ2) is 18.8. The molecule has 0 aliphatic heterocycles. The zero-order chi connectivity index (χ0) is 52.5. The lowest BCUT2D eigenvalue weighted by atomic mass is 9.91. The number of rotatable bonds is 10. The van der Waals surface area contributed by atoms with E-state index < -0.39 is 80.4 Å². The van der Waals surface area contributed by atoms with Gasteiger partial charge < -0.3 is 9.80 Å². The summed E-state index contributed by atoms with van der Waals surface area (Å²) in [4.78, 5) is 3.24. The minimum Gasteiger partial charge on any atom is -0.310 e. The average molecular weight is 1020 g/mol. The molecule has 370 valence electrons. The van der Waals surface area contributed by atoms with Crippen LogP contribution in [0.1, 0.15) is 0 Å². The molecule has 0 spiro atoms. The van der Waals surface area contributed by atoms with Crippen LogP contribution in [-0.4, -0.2) is 0 Å². The Morgan fingerprint density at radius 3 is 0.803 bits per heavy atom. The van der Waals surface area contributed by atoms with E-state index in [9.17, 15) is 0 Å². The van der Waals surface area contributed by atoms with Crippen molar-refractivity contribution in [3.63, 3.8) is 0 Å². The molecule has 0 saturated heterocycles. The minimum atomic E-state index is -0.943. The van der Waals surface area contributed by atoms with Crippen molar-refractivity contribution >= 4 is 66.4 Å². The van der Waals surface area contributed by atoms with Crippen LogP contribution in [-0.2, 0) is 0 Å². The highest BCUT2D eigenvalue weighted by Crippen LogP contribution is 2.50. The standard InChI is InChI=1S/C64H34F10N2/c65-41-7-1-9-43(33-41)75(45-29-37(61-49(67)11-3-12-50(61)68)27-38(30-45)62-51(69)13-4-14-52(62)70)57-25-21-35-20-24-48-58(26-22-36-19-23-47(57)59(35)60(36)48)76(44-10-2-8-42(66)34-44)46-31-39(63-53(71)15-5-16-54(63)72)28-40(32-46)64-55(73)17-6-18-56(64)74/h1-34H. The quantitative estimate of drug-likeness (QED) is 0.0995. The fourth-order valence-electron chi connectivity index (χ4n) is 10.4. The molecule has 0 unspecified atom stereocenters. The average Bonchev–Trinajstić information content (AvgIpc) is 3.50. The second-order valence-electron chi connectivity index (χ2n) is 18.1. The van der Waals surface area contributed by atoms with E-state index in [0.29, 0.717) is 32.9 Å². The highest BCUT2D eigenvalue weighted by molar-refractivity contribution is 6.28. The number of hydrogen-bond acceptors (Lipinski definition) is 2. The van der Waals surface area contributed by atoms with Gasteiger partial charge in [0.2, 0.25) is 0 Å². The molecule has 12 rings (SSSR count). The largest absolute Gasteiger partial charge is 0.310 e. The Hall–Kier alpha value is -9.42. The van der Waals surface area contributed by atoms with E-state index in [1.54, 1.807) is 34.1 Å². The third-order valence-electron chi connectivity index (χ3n) is 13.6. The monoisotopic (exact) mass is 1020 g/mol. The van der Waals surface area contributed by atoms with E-state index in [4.69, 9.17) is 0 Å². The molecule has 0 N–H and O–H groups in total. The number of halogens is 10. The number of nitrogens with zero attached hydrogens (tertiary/aromatic N) is 2. The summed E-state index contributed by atoms with van der Waals surface area (Å²) < 4.78 is 157. The predicted octanol–water partition coefficient (Wildman–Crippen LogP) is 19.6. The van der Waals surface area contributed by atoms with Crippen LogP contribution in [0.25, 0.3) is 76.8 Å². The summed E-state index contributed by atoms with van der Waals surface area (Å²) in [6.45, 7) is 0. The fourth-order valence-corrected chi connectivity index (χ4v) is 10.4. The predicted molar refractivity (Wildman–Crippen MR) is 281 cm³/mol. The molecule has 0 heterocycles. The van der Waals surface area contributed by atoms with Crippen molar-refractivity contribution in [2.45, 2.75) is 0 Å². The van der Waals surface area contributed by atoms with Crippen molar-refractivity contribution in [1.29, 1.82) is 0 Å². The topological polar surface area (TPSA) is 6.48 Å². The molecule has 76 heavy (non-hydrogen) atoms. The lowest BCUT2D eigenvalue weighted by Crippen LogP contribution is -2.12. The number of anilines is 6. The molecule has 0 aromatic heterocycles. The van der Waals surface area contributed by atoms with Gasteiger partial charge in [0.1, 0.15) is 58.2 Å². The zero-order valence-electron chi connectivity index (χ0n) is 39.3. The minimum absolute atomic E-state index is 0.0744. The van der Waals surface area contributed by atoms with Crippen LogP contribution in [0.5, 0.6) is 0 Å². The van der Waals surface area contributed by atoms with Gasteiger partial charge in [-0.3, -0.25) is 0 Å². The molecule has 0 atom stereocenters. The van der Waals surface area contributed by atoms with Gasteiger partial charge in [-0.1, -0.05) is 72.8 Å². The maximum atomic E-state index is 15.8. The van der Waals surface area contributed by atoms with Crippen molar-refractivity contribution in [2.75, 3.05) is 9.80 Å². The Bertz CT molecular complexity index is 3790. The first kappa shape index (κ1) is 47.6. The lowest BCUT2D eigenvalue weighted by molar-refractivity contribution is 0.588. The van der Waals surface area contributed by atoms with Crippen molar-refractivity contribution < 1.29 is 43.9 Å². The van der Waals surface area contributed by atoms with Crippen molar-refractivity contribution in [2.24, 2.45) is 0 Å². The van der Waals surface area contributed by atoms with Crippen molar-refractivity contribution in [3.8, 4) is 44.5 Å². The Balaban J connectivity index is 1.13. The molecule has 0 amide bonds. The molecular weight excluding hydrogens is 987 g/mol. The van der Waals surface area contributed by atoms with Gasteiger partial charge in [0.25, 0.3) is 0 Å².